The van der Waals surface area contributed by atoms with Gasteiger partial charge in [-0.05, 0) is 30.2 Å². The molecule has 0 spiro atoms. The molecule has 6 nitrogen and oxygen atoms in total. The topological polar surface area (TPSA) is 59.4 Å². The monoisotopic (exact) mass is 328 g/mol. The van der Waals surface area contributed by atoms with Crippen LogP contribution in [-0.4, -0.2) is 52.9 Å². The highest BCUT2D eigenvalue weighted by molar-refractivity contribution is 5.72. The molecule has 2 heterocycles. The molecule has 1 aromatic heterocycles. The second-order valence-corrected chi connectivity index (χ2v) is 6.12. The predicted molar refractivity (Wildman–Crippen MR) is 91.9 cm³/mol. The molecule has 1 aliphatic rings. The molecule has 128 valence electrons. The maximum absolute atomic E-state index is 11.0. The molecule has 1 N–H and O–H groups in total. The van der Waals surface area contributed by atoms with Gasteiger partial charge in [-0.25, -0.2) is 4.68 Å². The largest absolute Gasteiger partial charge is 0.375 e. The third-order valence-electron chi connectivity index (χ3n) is 4.15. The highest BCUT2D eigenvalue weighted by Crippen LogP contribution is 2.15. The summed E-state index contributed by atoms with van der Waals surface area (Å²) in [5.74, 6) is 0.0121. The molecule has 0 radical (unpaired) electrons. The molecular formula is C18H24N4O2. The van der Waals surface area contributed by atoms with Crippen LogP contribution in [0.4, 0.5) is 0 Å². The minimum absolute atomic E-state index is 0.0121. The Morgan fingerprint density at radius 1 is 1.42 bits per heavy atom. The number of carbonyl (C=O) groups excluding carboxylic acids is 1. The summed E-state index contributed by atoms with van der Waals surface area (Å²) in [5, 5.41) is 7.12. The molecule has 0 saturated carbocycles. The first-order chi connectivity index (χ1) is 11.7. The van der Waals surface area contributed by atoms with E-state index in [0.717, 1.165) is 38.3 Å². The smallest absolute Gasteiger partial charge is 0.216 e. The molecule has 1 saturated heterocycles. The average molecular weight is 328 g/mol. The number of amides is 1. The lowest BCUT2D eigenvalue weighted by atomic mass is 10.1. The zero-order valence-electron chi connectivity index (χ0n) is 14.0. The molecule has 2 aromatic rings. The van der Waals surface area contributed by atoms with Crippen molar-refractivity contribution in [1.29, 1.82) is 0 Å². The Hall–Kier alpha value is -2.18. The lowest BCUT2D eigenvalue weighted by Crippen LogP contribution is -2.43. The summed E-state index contributed by atoms with van der Waals surface area (Å²) in [5.41, 5.74) is 2.35. The van der Waals surface area contributed by atoms with Crippen molar-refractivity contribution in [1.82, 2.24) is 20.0 Å². The molecule has 0 bridgehead atoms. The Kier molecular flexibility index (Phi) is 5.61. The van der Waals surface area contributed by atoms with Crippen molar-refractivity contribution < 1.29 is 9.53 Å². The van der Waals surface area contributed by atoms with Crippen molar-refractivity contribution >= 4 is 5.91 Å². The van der Waals surface area contributed by atoms with Gasteiger partial charge in [0.15, 0.2) is 0 Å². The van der Waals surface area contributed by atoms with Gasteiger partial charge in [0.25, 0.3) is 0 Å². The second kappa shape index (κ2) is 8.08. The van der Waals surface area contributed by atoms with Crippen molar-refractivity contribution in [3.63, 3.8) is 0 Å². The van der Waals surface area contributed by atoms with Gasteiger partial charge in [0, 0.05) is 45.5 Å². The van der Waals surface area contributed by atoms with Gasteiger partial charge >= 0.3 is 0 Å². The number of ether oxygens (including phenoxy) is 1. The Morgan fingerprint density at radius 2 is 2.33 bits per heavy atom. The van der Waals surface area contributed by atoms with Gasteiger partial charge in [-0.15, -0.1) is 0 Å². The van der Waals surface area contributed by atoms with E-state index in [2.05, 4.69) is 39.6 Å². The third-order valence-corrected chi connectivity index (χ3v) is 4.15. The lowest BCUT2D eigenvalue weighted by molar-refractivity contribution is -0.119. The van der Waals surface area contributed by atoms with Crippen molar-refractivity contribution in [2.45, 2.75) is 26.0 Å². The normalized spacial score (nSPS) is 18.5. The van der Waals surface area contributed by atoms with E-state index in [1.165, 1.54) is 5.56 Å². The standard InChI is InChI=1S/C18H24N4O2/c1-15(23)19-8-6-18-14-21(10-11-24-18)13-16-4-2-5-17(12-16)22-9-3-7-20-22/h2-5,7,9,12,18H,6,8,10-11,13-14H2,1H3,(H,19,23)/t18-/m0/s1. The number of morpholine rings is 1. The first-order valence-electron chi connectivity index (χ1n) is 8.38. The van der Waals surface area contributed by atoms with Crippen LogP contribution in [0.5, 0.6) is 0 Å². The highest BCUT2D eigenvalue weighted by Gasteiger charge is 2.20. The number of nitrogens with one attached hydrogen (secondary N) is 1. The van der Waals surface area contributed by atoms with Crippen LogP contribution in [0.1, 0.15) is 18.9 Å². The van der Waals surface area contributed by atoms with E-state index in [9.17, 15) is 4.79 Å². The Labute approximate surface area is 142 Å². The average Bonchev–Trinajstić information content (AvgIpc) is 3.10. The Balaban J connectivity index is 1.55. The summed E-state index contributed by atoms with van der Waals surface area (Å²) >= 11 is 0. The number of hydrogen-bond acceptors (Lipinski definition) is 4. The van der Waals surface area contributed by atoms with Crippen molar-refractivity contribution in [2.75, 3.05) is 26.2 Å². The number of benzene rings is 1. The fourth-order valence-corrected chi connectivity index (χ4v) is 2.98. The van der Waals surface area contributed by atoms with Crippen LogP contribution in [-0.2, 0) is 16.1 Å². The molecule has 1 amide bonds. The highest BCUT2D eigenvalue weighted by atomic mass is 16.5. The van der Waals surface area contributed by atoms with Crippen molar-refractivity contribution in [3.05, 3.63) is 48.3 Å². The molecule has 24 heavy (non-hydrogen) atoms. The first-order valence-corrected chi connectivity index (χ1v) is 8.38. The SMILES string of the molecule is CC(=O)NCC[C@H]1CN(Cc2cccc(-n3cccn3)c2)CCO1. The van der Waals surface area contributed by atoms with E-state index < -0.39 is 0 Å². The van der Waals surface area contributed by atoms with Crippen LogP contribution in [0.3, 0.4) is 0 Å². The summed E-state index contributed by atoms with van der Waals surface area (Å²) in [6, 6.07) is 10.4. The Bertz CT molecular complexity index is 657. The van der Waals surface area contributed by atoms with E-state index in [0.29, 0.717) is 6.54 Å². The van der Waals surface area contributed by atoms with Gasteiger partial charge in [0.05, 0.1) is 18.4 Å². The number of aromatic nitrogens is 2. The zero-order valence-corrected chi connectivity index (χ0v) is 14.0. The number of nitrogens with zero attached hydrogens (tertiary/aromatic N) is 3. The number of carbonyl (C=O) groups is 1. The fraction of sp³-hybridized carbons (Fsp3) is 0.444. The molecule has 1 aliphatic heterocycles. The molecule has 1 atom stereocenters. The number of hydrogen-bond donors (Lipinski definition) is 1. The van der Waals surface area contributed by atoms with E-state index in [1.54, 1.807) is 13.1 Å². The molecule has 3 rings (SSSR count). The molecule has 1 aromatic carbocycles. The summed E-state index contributed by atoms with van der Waals surface area (Å²) in [4.78, 5) is 13.4. The van der Waals surface area contributed by atoms with Crippen LogP contribution in [0.25, 0.3) is 5.69 Å². The van der Waals surface area contributed by atoms with Crippen LogP contribution < -0.4 is 5.32 Å². The second-order valence-electron chi connectivity index (χ2n) is 6.12. The quantitative estimate of drug-likeness (QED) is 0.875. The molecule has 0 aliphatic carbocycles. The summed E-state index contributed by atoms with van der Waals surface area (Å²) in [6.07, 6.45) is 4.77. The van der Waals surface area contributed by atoms with E-state index in [1.807, 2.05) is 16.9 Å². The minimum atomic E-state index is 0.0121. The van der Waals surface area contributed by atoms with E-state index in [4.69, 9.17) is 4.74 Å². The lowest BCUT2D eigenvalue weighted by Gasteiger charge is -2.33. The van der Waals surface area contributed by atoms with Crippen LogP contribution in [0.2, 0.25) is 0 Å². The predicted octanol–water partition coefficient (Wildman–Crippen LogP) is 1.60. The van der Waals surface area contributed by atoms with Gasteiger partial charge in [-0.3, -0.25) is 9.69 Å². The molecule has 1 fully saturated rings. The van der Waals surface area contributed by atoms with E-state index in [-0.39, 0.29) is 12.0 Å². The van der Waals surface area contributed by atoms with E-state index >= 15 is 0 Å². The number of rotatable bonds is 6. The van der Waals surface area contributed by atoms with Crippen molar-refractivity contribution in [2.24, 2.45) is 0 Å². The molecular weight excluding hydrogens is 304 g/mol. The molecule has 0 unspecified atom stereocenters. The summed E-state index contributed by atoms with van der Waals surface area (Å²) in [7, 11) is 0. The zero-order chi connectivity index (χ0) is 16.8. The van der Waals surface area contributed by atoms with Gasteiger partial charge < -0.3 is 10.1 Å². The van der Waals surface area contributed by atoms with Crippen LogP contribution >= 0.6 is 0 Å². The third kappa shape index (κ3) is 4.66. The maximum Gasteiger partial charge on any atom is 0.216 e. The summed E-state index contributed by atoms with van der Waals surface area (Å²) < 4.78 is 7.68. The van der Waals surface area contributed by atoms with Crippen molar-refractivity contribution in [3.8, 4) is 5.69 Å². The first kappa shape index (κ1) is 16.7. The van der Waals surface area contributed by atoms with Crippen LogP contribution in [0.15, 0.2) is 42.7 Å². The van der Waals surface area contributed by atoms with Gasteiger partial charge in [-0.1, -0.05) is 12.1 Å². The van der Waals surface area contributed by atoms with Crippen LogP contribution in [0, 0.1) is 0 Å². The van der Waals surface area contributed by atoms with Gasteiger partial charge in [-0.2, -0.15) is 5.10 Å². The van der Waals surface area contributed by atoms with Gasteiger partial charge in [0.1, 0.15) is 0 Å². The molecule has 6 heteroatoms. The maximum atomic E-state index is 11.0. The summed E-state index contributed by atoms with van der Waals surface area (Å²) in [6.45, 7) is 5.68. The van der Waals surface area contributed by atoms with Gasteiger partial charge in [0.2, 0.25) is 5.91 Å². The minimum Gasteiger partial charge on any atom is -0.375 e. The Morgan fingerprint density at radius 3 is 3.12 bits per heavy atom. The fourth-order valence-electron chi connectivity index (χ4n) is 2.98.